The van der Waals surface area contributed by atoms with Crippen LogP contribution in [-0.4, -0.2) is 23.2 Å². The maximum atomic E-state index is 6.06. The first kappa shape index (κ1) is 12.8. The smallest absolute Gasteiger partial charge is 0.133 e. The molecule has 94 valence electrons. The minimum Gasteiger partial charge on any atom is -0.381 e. The normalized spacial score (nSPS) is 20.8. The van der Waals surface area contributed by atoms with Crippen molar-refractivity contribution in [3.8, 4) is 0 Å². The number of hydrogen-bond acceptors (Lipinski definition) is 3. The third kappa shape index (κ3) is 3.39. The van der Waals surface area contributed by atoms with Crippen molar-refractivity contribution in [3.05, 3.63) is 22.7 Å². The van der Waals surface area contributed by atoms with Gasteiger partial charge in [0, 0.05) is 25.0 Å². The fraction of sp³-hybridized carbons (Fsp3) is 0.692. The van der Waals surface area contributed by atoms with Gasteiger partial charge in [-0.05, 0) is 18.4 Å². The van der Waals surface area contributed by atoms with Crippen molar-refractivity contribution in [2.45, 2.75) is 39.0 Å². The fourth-order valence-corrected chi connectivity index (χ4v) is 2.14. The number of hydrogen-bond donors (Lipinski definition) is 0. The van der Waals surface area contributed by atoms with Gasteiger partial charge >= 0.3 is 0 Å². The third-order valence-electron chi connectivity index (χ3n) is 3.00. The standard InChI is InChI=1S/C13H19ClN2O/c1-13(2,3)10-7-11(14)16-12(15-10)6-9-4-5-17-8-9/h7,9H,4-6,8H2,1-3H3. The molecule has 0 N–H and O–H groups in total. The zero-order valence-electron chi connectivity index (χ0n) is 10.7. The molecule has 1 saturated heterocycles. The molecule has 0 radical (unpaired) electrons. The summed E-state index contributed by atoms with van der Waals surface area (Å²) in [5, 5.41) is 0.541. The van der Waals surface area contributed by atoms with Crippen LogP contribution in [0.5, 0.6) is 0 Å². The molecule has 1 aliphatic heterocycles. The minimum atomic E-state index is 0.00745. The lowest BCUT2D eigenvalue weighted by Gasteiger charge is -2.19. The zero-order valence-corrected chi connectivity index (χ0v) is 11.4. The summed E-state index contributed by atoms with van der Waals surface area (Å²) in [4.78, 5) is 8.93. The van der Waals surface area contributed by atoms with Crippen LogP contribution in [0.15, 0.2) is 6.07 Å². The molecule has 0 aromatic carbocycles. The molecule has 0 bridgehead atoms. The molecule has 1 aromatic rings. The van der Waals surface area contributed by atoms with Crippen LogP contribution in [0.3, 0.4) is 0 Å². The molecule has 1 aromatic heterocycles. The molecular weight excluding hydrogens is 236 g/mol. The van der Waals surface area contributed by atoms with Gasteiger partial charge in [0.2, 0.25) is 0 Å². The highest BCUT2D eigenvalue weighted by Crippen LogP contribution is 2.24. The van der Waals surface area contributed by atoms with Crippen LogP contribution in [0.4, 0.5) is 0 Å². The van der Waals surface area contributed by atoms with Crippen molar-refractivity contribution < 1.29 is 4.74 Å². The van der Waals surface area contributed by atoms with Gasteiger partial charge < -0.3 is 4.74 Å². The average Bonchev–Trinajstić information content (AvgIpc) is 2.68. The Morgan fingerprint density at radius 2 is 2.18 bits per heavy atom. The predicted octanol–water partition coefficient (Wildman–Crippen LogP) is 3.01. The van der Waals surface area contributed by atoms with E-state index < -0.39 is 0 Å². The molecule has 0 aliphatic carbocycles. The summed E-state index contributed by atoms with van der Waals surface area (Å²) in [6, 6.07) is 1.86. The molecule has 1 fully saturated rings. The molecule has 0 amide bonds. The van der Waals surface area contributed by atoms with Gasteiger partial charge in [-0.2, -0.15) is 0 Å². The Morgan fingerprint density at radius 1 is 1.41 bits per heavy atom. The van der Waals surface area contributed by atoms with E-state index in [-0.39, 0.29) is 5.41 Å². The maximum Gasteiger partial charge on any atom is 0.133 e. The molecule has 1 atom stereocenters. The first-order valence-corrected chi connectivity index (χ1v) is 6.44. The van der Waals surface area contributed by atoms with E-state index in [0.29, 0.717) is 11.1 Å². The van der Waals surface area contributed by atoms with E-state index >= 15 is 0 Å². The Balaban J connectivity index is 2.19. The van der Waals surface area contributed by atoms with Crippen LogP contribution in [0, 0.1) is 5.92 Å². The molecule has 1 aliphatic rings. The Kier molecular flexibility index (Phi) is 3.69. The summed E-state index contributed by atoms with van der Waals surface area (Å²) >= 11 is 6.06. The van der Waals surface area contributed by atoms with Crippen molar-refractivity contribution in [1.29, 1.82) is 0 Å². The van der Waals surface area contributed by atoms with Crippen LogP contribution in [-0.2, 0) is 16.6 Å². The van der Waals surface area contributed by atoms with Gasteiger partial charge in [-0.25, -0.2) is 9.97 Å². The van der Waals surface area contributed by atoms with Crippen LogP contribution in [0.2, 0.25) is 5.15 Å². The monoisotopic (exact) mass is 254 g/mol. The first-order valence-electron chi connectivity index (χ1n) is 6.07. The topological polar surface area (TPSA) is 35.0 Å². The summed E-state index contributed by atoms with van der Waals surface area (Å²) in [5.74, 6) is 1.39. The van der Waals surface area contributed by atoms with Gasteiger partial charge in [0.25, 0.3) is 0 Å². The summed E-state index contributed by atoms with van der Waals surface area (Å²) in [7, 11) is 0. The van der Waals surface area contributed by atoms with Crippen molar-refractivity contribution in [2.75, 3.05) is 13.2 Å². The van der Waals surface area contributed by atoms with Gasteiger partial charge in [0.1, 0.15) is 11.0 Å². The SMILES string of the molecule is CC(C)(C)c1cc(Cl)nc(CC2CCOC2)n1. The van der Waals surface area contributed by atoms with E-state index in [4.69, 9.17) is 16.3 Å². The van der Waals surface area contributed by atoms with E-state index in [1.54, 1.807) is 0 Å². The highest BCUT2D eigenvalue weighted by atomic mass is 35.5. The number of nitrogens with zero attached hydrogens (tertiary/aromatic N) is 2. The van der Waals surface area contributed by atoms with E-state index in [1.807, 2.05) is 6.07 Å². The van der Waals surface area contributed by atoms with Gasteiger partial charge in [0.15, 0.2) is 0 Å². The van der Waals surface area contributed by atoms with Crippen molar-refractivity contribution in [1.82, 2.24) is 9.97 Å². The maximum absolute atomic E-state index is 6.06. The Hall–Kier alpha value is -0.670. The van der Waals surface area contributed by atoms with E-state index in [9.17, 15) is 0 Å². The molecular formula is C13H19ClN2O. The molecule has 0 spiro atoms. The van der Waals surface area contributed by atoms with Crippen LogP contribution in [0.1, 0.15) is 38.7 Å². The Bertz CT molecular complexity index is 395. The molecule has 4 heteroatoms. The third-order valence-corrected chi connectivity index (χ3v) is 3.20. The van der Waals surface area contributed by atoms with Crippen molar-refractivity contribution in [3.63, 3.8) is 0 Å². The molecule has 2 heterocycles. The van der Waals surface area contributed by atoms with Gasteiger partial charge in [0.05, 0.1) is 5.69 Å². The molecule has 2 rings (SSSR count). The van der Waals surface area contributed by atoms with Crippen LogP contribution in [0.25, 0.3) is 0 Å². The van der Waals surface area contributed by atoms with Crippen LogP contribution >= 0.6 is 11.6 Å². The number of halogens is 1. The predicted molar refractivity (Wildman–Crippen MR) is 68.4 cm³/mol. The van der Waals surface area contributed by atoms with E-state index in [1.165, 1.54) is 0 Å². The quantitative estimate of drug-likeness (QED) is 0.761. The zero-order chi connectivity index (χ0) is 12.5. The van der Waals surface area contributed by atoms with Crippen molar-refractivity contribution in [2.24, 2.45) is 5.92 Å². The highest BCUT2D eigenvalue weighted by molar-refractivity contribution is 6.29. The summed E-state index contributed by atoms with van der Waals surface area (Å²) in [5.41, 5.74) is 1.01. The Morgan fingerprint density at radius 3 is 2.76 bits per heavy atom. The summed E-state index contributed by atoms with van der Waals surface area (Å²) in [6.07, 6.45) is 1.96. The highest BCUT2D eigenvalue weighted by Gasteiger charge is 2.21. The van der Waals surface area contributed by atoms with E-state index in [0.717, 1.165) is 37.6 Å². The number of aromatic nitrogens is 2. The molecule has 17 heavy (non-hydrogen) atoms. The molecule has 0 saturated carbocycles. The second kappa shape index (κ2) is 4.91. The molecule has 3 nitrogen and oxygen atoms in total. The van der Waals surface area contributed by atoms with Gasteiger partial charge in [-0.15, -0.1) is 0 Å². The lowest BCUT2D eigenvalue weighted by atomic mass is 9.92. The van der Waals surface area contributed by atoms with Gasteiger partial charge in [-0.3, -0.25) is 0 Å². The van der Waals surface area contributed by atoms with Gasteiger partial charge in [-0.1, -0.05) is 32.4 Å². The van der Waals surface area contributed by atoms with E-state index in [2.05, 4.69) is 30.7 Å². The van der Waals surface area contributed by atoms with Crippen LogP contribution < -0.4 is 0 Å². The van der Waals surface area contributed by atoms with Crippen molar-refractivity contribution >= 4 is 11.6 Å². The lowest BCUT2D eigenvalue weighted by molar-refractivity contribution is 0.185. The number of rotatable bonds is 2. The first-order chi connectivity index (χ1) is 7.95. The Labute approximate surface area is 108 Å². The number of ether oxygens (including phenoxy) is 1. The lowest BCUT2D eigenvalue weighted by Crippen LogP contribution is -2.17. The second-order valence-corrected chi connectivity index (χ2v) is 6.06. The fourth-order valence-electron chi connectivity index (χ4n) is 1.94. The average molecular weight is 255 g/mol. The summed E-state index contributed by atoms with van der Waals surface area (Å²) in [6.45, 7) is 8.08. The minimum absolute atomic E-state index is 0.00745. The second-order valence-electron chi connectivity index (χ2n) is 5.68. The largest absolute Gasteiger partial charge is 0.381 e. The summed E-state index contributed by atoms with van der Waals surface area (Å²) < 4.78 is 5.37. The molecule has 1 unspecified atom stereocenters.